The fourth-order valence-corrected chi connectivity index (χ4v) is 0.470. The quantitative estimate of drug-likeness (QED) is 0.321. The molecule has 0 saturated carbocycles. The molecule has 0 fully saturated rings. The first kappa shape index (κ1) is 8.30. The lowest BCUT2D eigenvalue weighted by Crippen LogP contribution is -1.98. The highest BCUT2D eigenvalue weighted by Crippen LogP contribution is 1.92. The van der Waals surface area contributed by atoms with Crippen LogP contribution >= 0.6 is 0 Å². The molecule has 0 bridgehead atoms. The number of carbonyl (C=O) groups is 2. The number of rotatable bonds is 5. The molecule has 0 aliphatic carbocycles. The highest BCUT2D eigenvalue weighted by Gasteiger charge is 1.96. The Balaban J connectivity index is 3.07. The largest absolute Gasteiger partial charge is 0.396 e. The first-order valence-corrected chi connectivity index (χ1v) is 2.90. The minimum atomic E-state index is -0.386. The van der Waals surface area contributed by atoms with Crippen LogP contribution in [0.4, 0.5) is 0 Å². The molecule has 3 nitrogen and oxygen atoms in total. The van der Waals surface area contributed by atoms with E-state index in [-0.39, 0.29) is 18.8 Å². The first-order chi connectivity index (χ1) is 4.31. The van der Waals surface area contributed by atoms with Crippen LogP contribution in [0.5, 0.6) is 0 Å². The number of hydrogen-bond donors (Lipinski definition) is 1. The molecule has 0 heterocycles. The molecule has 0 saturated heterocycles. The molecular formula is C6H10O3. The summed E-state index contributed by atoms with van der Waals surface area (Å²) < 4.78 is 0. The topological polar surface area (TPSA) is 54.4 Å². The molecule has 0 spiro atoms. The number of carbonyl (C=O) groups excluding carboxylic acids is 2. The van der Waals surface area contributed by atoms with Crippen LogP contribution in [-0.2, 0) is 9.59 Å². The molecule has 0 unspecified atom stereocenters. The van der Waals surface area contributed by atoms with Gasteiger partial charge < -0.3 is 5.11 Å². The van der Waals surface area contributed by atoms with Crippen molar-refractivity contribution in [3.8, 4) is 0 Å². The van der Waals surface area contributed by atoms with Gasteiger partial charge in [-0.3, -0.25) is 9.59 Å². The van der Waals surface area contributed by atoms with Crippen LogP contribution in [0.2, 0.25) is 0 Å². The van der Waals surface area contributed by atoms with Gasteiger partial charge in [-0.15, -0.1) is 0 Å². The van der Waals surface area contributed by atoms with E-state index in [1.807, 2.05) is 0 Å². The lowest BCUT2D eigenvalue weighted by atomic mass is 10.2. The molecule has 0 amide bonds. The van der Waals surface area contributed by atoms with Crippen molar-refractivity contribution in [1.29, 1.82) is 0 Å². The van der Waals surface area contributed by atoms with Gasteiger partial charge in [0.05, 0.1) is 0 Å². The number of ketones is 1. The summed E-state index contributed by atoms with van der Waals surface area (Å²) in [6.07, 6.45) is 1.79. The van der Waals surface area contributed by atoms with Gasteiger partial charge in [0.15, 0.2) is 12.1 Å². The standard InChI is InChI=1S/C6H10O3/c7-4-2-1-3-6(9)5-8/h5,7H,1-4H2. The zero-order valence-corrected chi connectivity index (χ0v) is 5.17. The van der Waals surface area contributed by atoms with Crippen LogP contribution in [0.1, 0.15) is 19.3 Å². The molecular weight excluding hydrogens is 120 g/mol. The smallest absolute Gasteiger partial charge is 0.195 e. The van der Waals surface area contributed by atoms with Gasteiger partial charge in [0.1, 0.15) is 0 Å². The van der Waals surface area contributed by atoms with E-state index in [2.05, 4.69) is 0 Å². The van der Waals surface area contributed by atoms with E-state index < -0.39 is 0 Å². The van der Waals surface area contributed by atoms with Gasteiger partial charge in [0, 0.05) is 13.0 Å². The summed E-state index contributed by atoms with van der Waals surface area (Å²) in [5.74, 6) is -0.386. The summed E-state index contributed by atoms with van der Waals surface area (Å²) in [7, 11) is 0. The van der Waals surface area contributed by atoms with Gasteiger partial charge in [-0.25, -0.2) is 0 Å². The van der Waals surface area contributed by atoms with Crippen molar-refractivity contribution in [2.24, 2.45) is 0 Å². The Kier molecular flexibility index (Phi) is 5.01. The van der Waals surface area contributed by atoms with Crippen molar-refractivity contribution in [2.45, 2.75) is 19.3 Å². The van der Waals surface area contributed by atoms with Crippen LogP contribution in [0, 0.1) is 0 Å². The van der Waals surface area contributed by atoms with Gasteiger partial charge in [0.2, 0.25) is 0 Å². The predicted octanol–water partition coefficient (Wildman–Crippen LogP) is -0.0830. The lowest BCUT2D eigenvalue weighted by molar-refractivity contribution is -0.129. The highest BCUT2D eigenvalue weighted by molar-refractivity contribution is 6.24. The van der Waals surface area contributed by atoms with Crippen LogP contribution < -0.4 is 0 Å². The monoisotopic (exact) mass is 130 g/mol. The summed E-state index contributed by atoms with van der Waals surface area (Å²) >= 11 is 0. The molecule has 0 aliphatic rings. The average molecular weight is 130 g/mol. The molecule has 0 radical (unpaired) electrons. The summed E-state index contributed by atoms with van der Waals surface area (Å²) in [6, 6.07) is 0. The Labute approximate surface area is 53.7 Å². The predicted molar refractivity (Wildman–Crippen MR) is 32.0 cm³/mol. The summed E-state index contributed by atoms with van der Waals surface area (Å²) in [6.45, 7) is 0.0894. The van der Waals surface area contributed by atoms with Crippen LogP contribution in [0.25, 0.3) is 0 Å². The van der Waals surface area contributed by atoms with Crippen molar-refractivity contribution in [1.82, 2.24) is 0 Å². The first-order valence-electron chi connectivity index (χ1n) is 2.90. The SMILES string of the molecule is O=CC(=O)CCCCO. The normalized spacial score (nSPS) is 9.00. The molecule has 0 rings (SSSR count). The average Bonchev–Trinajstić information content (AvgIpc) is 1.89. The second kappa shape index (κ2) is 5.44. The van der Waals surface area contributed by atoms with E-state index in [0.717, 1.165) is 0 Å². The Hall–Kier alpha value is -0.700. The van der Waals surface area contributed by atoms with Gasteiger partial charge >= 0.3 is 0 Å². The second-order valence-corrected chi connectivity index (χ2v) is 1.76. The molecule has 0 aromatic heterocycles. The van der Waals surface area contributed by atoms with E-state index in [9.17, 15) is 9.59 Å². The molecule has 3 heteroatoms. The Morgan fingerprint density at radius 2 is 2.11 bits per heavy atom. The van der Waals surface area contributed by atoms with Gasteiger partial charge in [-0.05, 0) is 12.8 Å². The van der Waals surface area contributed by atoms with Gasteiger partial charge in [-0.1, -0.05) is 0 Å². The third-order valence-corrected chi connectivity index (χ3v) is 0.963. The number of aldehydes is 1. The third-order valence-electron chi connectivity index (χ3n) is 0.963. The van der Waals surface area contributed by atoms with Crippen molar-refractivity contribution < 1.29 is 14.7 Å². The Morgan fingerprint density at radius 3 is 2.56 bits per heavy atom. The molecule has 52 valence electrons. The number of aliphatic hydroxyl groups is 1. The Morgan fingerprint density at radius 1 is 1.44 bits per heavy atom. The third kappa shape index (κ3) is 5.17. The maximum atomic E-state index is 10.2. The van der Waals surface area contributed by atoms with E-state index in [1.165, 1.54) is 0 Å². The molecule has 1 N–H and O–H groups in total. The Bertz CT molecular complexity index is 98.5. The lowest BCUT2D eigenvalue weighted by Gasteiger charge is -1.89. The molecule has 0 atom stereocenters. The summed E-state index contributed by atoms with van der Waals surface area (Å²) in [4.78, 5) is 19.9. The van der Waals surface area contributed by atoms with Crippen LogP contribution in [0.3, 0.4) is 0 Å². The van der Waals surface area contributed by atoms with Crippen LogP contribution in [-0.4, -0.2) is 23.8 Å². The van der Waals surface area contributed by atoms with Gasteiger partial charge in [-0.2, -0.15) is 0 Å². The minimum absolute atomic E-state index is 0.0894. The maximum Gasteiger partial charge on any atom is 0.195 e. The molecule has 9 heavy (non-hydrogen) atoms. The summed E-state index contributed by atoms with van der Waals surface area (Å²) in [5.41, 5.74) is 0. The zero-order valence-electron chi connectivity index (χ0n) is 5.17. The number of unbranched alkanes of at least 4 members (excludes halogenated alkanes) is 1. The molecule has 0 aliphatic heterocycles. The van der Waals surface area contributed by atoms with Gasteiger partial charge in [0.25, 0.3) is 0 Å². The van der Waals surface area contributed by atoms with Crippen molar-refractivity contribution in [2.75, 3.05) is 6.61 Å². The van der Waals surface area contributed by atoms with Crippen molar-refractivity contribution in [3.05, 3.63) is 0 Å². The number of hydrogen-bond acceptors (Lipinski definition) is 3. The van der Waals surface area contributed by atoms with Crippen molar-refractivity contribution >= 4 is 12.1 Å². The van der Waals surface area contributed by atoms with Crippen molar-refractivity contribution in [3.63, 3.8) is 0 Å². The fraction of sp³-hybridized carbons (Fsp3) is 0.667. The summed E-state index contributed by atoms with van der Waals surface area (Å²) in [5, 5.41) is 8.25. The maximum absolute atomic E-state index is 10.2. The highest BCUT2D eigenvalue weighted by atomic mass is 16.3. The van der Waals surface area contributed by atoms with E-state index >= 15 is 0 Å². The number of Topliss-reactive ketones (excluding diaryl/α,β-unsaturated/α-hetero) is 1. The van der Waals surface area contributed by atoms with E-state index in [1.54, 1.807) is 0 Å². The second-order valence-electron chi connectivity index (χ2n) is 1.76. The number of aliphatic hydroxyl groups excluding tert-OH is 1. The zero-order chi connectivity index (χ0) is 7.11. The van der Waals surface area contributed by atoms with E-state index in [4.69, 9.17) is 5.11 Å². The molecule has 0 aromatic carbocycles. The minimum Gasteiger partial charge on any atom is -0.396 e. The molecule has 0 aromatic rings. The van der Waals surface area contributed by atoms with Crippen LogP contribution in [0.15, 0.2) is 0 Å². The fourth-order valence-electron chi connectivity index (χ4n) is 0.470. The van der Waals surface area contributed by atoms with E-state index in [0.29, 0.717) is 19.1 Å².